The van der Waals surface area contributed by atoms with Crippen LogP contribution >= 0.6 is 0 Å². The van der Waals surface area contributed by atoms with Gasteiger partial charge in [-0.25, -0.2) is 0 Å². The van der Waals surface area contributed by atoms with E-state index in [-0.39, 0.29) is 5.91 Å². The van der Waals surface area contributed by atoms with E-state index in [2.05, 4.69) is 4.90 Å². The fraction of sp³-hybridized carbons (Fsp3) is 0.562. The Bertz CT molecular complexity index is 402. The van der Waals surface area contributed by atoms with Crippen LogP contribution in [-0.2, 0) is 6.54 Å². The lowest BCUT2D eigenvalue weighted by molar-refractivity contribution is 0.0728. The van der Waals surface area contributed by atoms with E-state index in [1.165, 1.54) is 0 Å². The normalized spacial score (nSPS) is 10.2. The SMILES string of the molecule is CC.CN(C)Cc1ccccc1C(=O)N(C)CN(C)C. The van der Waals surface area contributed by atoms with E-state index in [1.54, 1.807) is 4.90 Å². The summed E-state index contributed by atoms with van der Waals surface area (Å²) in [5.74, 6) is 0.0705. The molecule has 0 bridgehead atoms. The van der Waals surface area contributed by atoms with Crippen LogP contribution in [0.25, 0.3) is 0 Å². The van der Waals surface area contributed by atoms with Gasteiger partial charge in [-0.2, -0.15) is 0 Å². The number of hydrogen-bond donors (Lipinski definition) is 0. The zero-order chi connectivity index (χ0) is 15.7. The molecule has 1 aromatic carbocycles. The van der Waals surface area contributed by atoms with Crippen molar-refractivity contribution in [2.45, 2.75) is 20.4 Å². The smallest absolute Gasteiger partial charge is 0.254 e. The Balaban J connectivity index is 0.00000172. The van der Waals surface area contributed by atoms with Gasteiger partial charge in [-0.05, 0) is 39.8 Å². The number of carbonyl (C=O) groups is 1. The predicted octanol–water partition coefficient (Wildman–Crippen LogP) is 2.37. The molecule has 0 unspecified atom stereocenters. The van der Waals surface area contributed by atoms with Crippen molar-refractivity contribution < 1.29 is 4.79 Å². The summed E-state index contributed by atoms with van der Waals surface area (Å²) < 4.78 is 0. The Hall–Kier alpha value is -1.39. The highest BCUT2D eigenvalue weighted by Gasteiger charge is 2.15. The topological polar surface area (TPSA) is 26.8 Å². The number of benzene rings is 1. The van der Waals surface area contributed by atoms with Crippen molar-refractivity contribution >= 4 is 5.91 Å². The standard InChI is InChI=1S/C14H23N3O.C2H6/c1-15(2)10-12-8-6-7-9-13(12)14(18)17(5)11-16(3)4;1-2/h6-9H,10-11H2,1-5H3;1-2H3. The average molecular weight is 279 g/mol. The summed E-state index contributed by atoms with van der Waals surface area (Å²) in [4.78, 5) is 18.1. The third-order valence-electron chi connectivity index (χ3n) is 2.58. The van der Waals surface area contributed by atoms with E-state index in [4.69, 9.17) is 0 Å². The largest absolute Gasteiger partial charge is 0.329 e. The summed E-state index contributed by atoms with van der Waals surface area (Å²) in [7, 11) is 9.75. The molecule has 0 aliphatic rings. The van der Waals surface area contributed by atoms with Crippen LogP contribution in [0.2, 0.25) is 0 Å². The van der Waals surface area contributed by atoms with Gasteiger partial charge in [0.2, 0.25) is 0 Å². The van der Waals surface area contributed by atoms with Gasteiger partial charge in [0, 0.05) is 19.2 Å². The molecule has 0 saturated heterocycles. The van der Waals surface area contributed by atoms with Crippen LogP contribution in [-0.4, -0.2) is 62.5 Å². The molecule has 0 saturated carbocycles. The van der Waals surface area contributed by atoms with Crippen LogP contribution in [0.3, 0.4) is 0 Å². The van der Waals surface area contributed by atoms with Gasteiger partial charge in [-0.3, -0.25) is 9.69 Å². The Morgan fingerprint density at radius 3 is 2.00 bits per heavy atom. The van der Waals surface area contributed by atoms with Gasteiger partial charge in [0.15, 0.2) is 0 Å². The quantitative estimate of drug-likeness (QED) is 0.774. The predicted molar refractivity (Wildman–Crippen MR) is 85.8 cm³/mol. The number of rotatable bonds is 5. The molecule has 0 aliphatic carbocycles. The lowest BCUT2D eigenvalue weighted by atomic mass is 10.1. The molecule has 0 aliphatic heterocycles. The minimum absolute atomic E-state index is 0.0705. The van der Waals surface area contributed by atoms with Gasteiger partial charge in [0.05, 0.1) is 6.67 Å². The molecular weight excluding hydrogens is 250 g/mol. The maximum atomic E-state index is 12.4. The van der Waals surface area contributed by atoms with E-state index in [9.17, 15) is 4.79 Å². The van der Waals surface area contributed by atoms with E-state index in [1.807, 2.05) is 78.3 Å². The molecule has 1 amide bonds. The first-order valence-corrected chi connectivity index (χ1v) is 7.04. The minimum Gasteiger partial charge on any atom is -0.329 e. The summed E-state index contributed by atoms with van der Waals surface area (Å²) in [6, 6.07) is 7.79. The average Bonchev–Trinajstić information content (AvgIpc) is 2.39. The summed E-state index contributed by atoms with van der Waals surface area (Å²) in [5.41, 5.74) is 1.86. The first-order chi connectivity index (χ1) is 9.41. The zero-order valence-electron chi connectivity index (χ0n) is 14.0. The highest BCUT2D eigenvalue weighted by Crippen LogP contribution is 2.12. The Morgan fingerprint density at radius 1 is 0.950 bits per heavy atom. The van der Waals surface area contributed by atoms with Crippen LogP contribution in [0, 0.1) is 0 Å². The zero-order valence-corrected chi connectivity index (χ0v) is 14.0. The molecule has 0 atom stereocenters. The van der Waals surface area contributed by atoms with Crippen molar-refractivity contribution in [2.75, 3.05) is 41.9 Å². The Kier molecular flexibility index (Phi) is 8.84. The summed E-state index contributed by atoms with van der Waals surface area (Å²) in [6.07, 6.45) is 0. The van der Waals surface area contributed by atoms with Gasteiger partial charge in [-0.1, -0.05) is 32.0 Å². The molecule has 20 heavy (non-hydrogen) atoms. The van der Waals surface area contributed by atoms with Crippen molar-refractivity contribution in [3.05, 3.63) is 35.4 Å². The van der Waals surface area contributed by atoms with Crippen LogP contribution in [0.4, 0.5) is 0 Å². The molecule has 0 N–H and O–H groups in total. The molecule has 114 valence electrons. The van der Waals surface area contributed by atoms with Crippen molar-refractivity contribution in [3.63, 3.8) is 0 Å². The molecule has 4 heteroatoms. The highest BCUT2D eigenvalue weighted by atomic mass is 16.2. The van der Waals surface area contributed by atoms with Crippen LogP contribution < -0.4 is 0 Å². The van der Waals surface area contributed by atoms with E-state index in [0.29, 0.717) is 6.67 Å². The van der Waals surface area contributed by atoms with Crippen molar-refractivity contribution in [2.24, 2.45) is 0 Å². The Morgan fingerprint density at radius 2 is 1.50 bits per heavy atom. The number of amides is 1. The van der Waals surface area contributed by atoms with E-state index in [0.717, 1.165) is 17.7 Å². The summed E-state index contributed by atoms with van der Waals surface area (Å²) in [6.45, 7) is 5.40. The molecule has 0 heterocycles. The van der Waals surface area contributed by atoms with Crippen molar-refractivity contribution in [3.8, 4) is 0 Å². The lowest BCUT2D eigenvalue weighted by Gasteiger charge is -2.23. The number of nitrogens with zero attached hydrogens (tertiary/aromatic N) is 3. The molecule has 0 spiro atoms. The fourth-order valence-corrected chi connectivity index (χ4v) is 1.90. The molecule has 0 aromatic heterocycles. The fourth-order valence-electron chi connectivity index (χ4n) is 1.90. The highest BCUT2D eigenvalue weighted by molar-refractivity contribution is 5.95. The number of carbonyl (C=O) groups excluding carboxylic acids is 1. The first-order valence-electron chi connectivity index (χ1n) is 7.04. The molecule has 0 fully saturated rings. The Labute approximate surface area is 124 Å². The molecule has 0 radical (unpaired) electrons. The first kappa shape index (κ1) is 18.6. The third kappa shape index (κ3) is 6.17. The second kappa shape index (κ2) is 9.50. The van der Waals surface area contributed by atoms with E-state index < -0.39 is 0 Å². The van der Waals surface area contributed by atoms with Crippen LogP contribution in [0.1, 0.15) is 29.8 Å². The maximum Gasteiger partial charge on any atom is 0.254 e. The minimum atomic E-state index is 0.0705. The van der Waals surface area contributed by atoms with Crippen LogP contribution in [0.5, 0.6) is 0 Å². The molecular formula is C16H29N3O. The monoisotopic (exact) mass is 279 g/mol. The molecule has 1 aromatic rings. The second-order valence-corrected chi connectivity index (χ2v) is 5.12. The van der Waals surface area contributed by atoms with Gasteiger partial charge in [0.25, 0.3) is 5.91 Å². The van der Waals surface area contributed by atoms with Crippen molar-refractivity contribution in [1.82, 2.24) is 14.7 Å². The summed E-state index contributed by atoms with van der Waals surface area (Å²) >= 11 is 0. The van der Waals surface area contributed by atoms with Gasteiger partial charge in [-0.15, -0.1) is 0 Å². The van der Waals surface area contributed by atoms with Crippen LogP contribution in [0.15, 0.2) is 24.3 Å². The lowest BCUT2D eigenvalue weighted by Crippen LogP contribution is -2.35. The van der Waals surface area contributed by atoms with Gasteiger partial charge < -0.3 is 9.80 Å². The van der Waals surface area contributed by atoms with Crippen molar-refractivity contribution in [1.29, 1.82) is 0 Å². The maximum absolute atomic E-state index is 12.4. The number of hydrogen-bond acceptors (Lipinski definition) is 3. The third-order valence-corrected chi connectivity index (χ3v) is 2.58. The molecule has 1 rings (SSSR count). The second-order valence-electron chi connectivity index (χ2n) is 5.12. The van der Waals surface area contributed by atoms with Gasteiger partial charge >= 0.3 is 0 Å². The summed E-state index contributed by atoms with van der Waals surface area (Å²) in [5, 5.41) is 0. The van der Waals surface area contributed by atoms with E-state index >= 15 is 0 Å². The molecule has 4 nitrogen and oxygen atoms in total. The van der Waals surface area contributed by atoms with Gasteiger partial charge in [0.1, 0.15) is 0 Å².